The lowest BCUT2D eigenvalue weighted by Crippen LogP contribution is -2.14. The fraction of sp³-hybridized carbons (Fsp3) is 0.200. The van der Waals surface area contributed by atoms with E-state index in [9.17, 15) is 9.59 Å². The maximum Gasteiger partial charge on any atom is 0.234 e. The average Bonchev–Trinajstić information content (AvgIpc) is 2.46. The van der Waals surface area contributed by atoms with Crippen molar-refractivity contribution < 1.29 is 9.59 Å². The van der Waals surface area contributed by atoms with Crippen LogP contribution in [0.5, 0.6) is 0 Å². The van der Waals surface area contributed by atoms with Crippen LogP contribution < -0.4 is 5.32 Å². The number of aryl methyl sites for hydroxylation is 1. The van der Waals surface area contributed by atoms with Crippen LogP contribution in [0, 0.1) is 6.92 Å². The second kappa shape index (κ2) is 6.99. The molecule has 2 rings (SSSR count). The van der Waals surface area contributed by atoms with E-state index in [0.29, 0.717) is 16.4 Å². The molecule has 0 unspecified atom stereocenters. The molecule has 2 aromatic rings. The van der Waals surface area contributed by atoms with E-state index in [0.717, 1.165) is 5.69 Å². The summed E-state index contributed by atoms with van der Waals surface area (Å²) in [5.74, 6) is 0.0958. The lowest BCUT2D eigenvalue weighted by Gasteiger charge is -2.05. The summed E-state index contributed by atoms with van der Waals surface area (Å²) in [7, 11) is 0. The Morgan fingerprint density at radius 1 is 1.19 bits per heavy atom. The normalized spacial score (nSPS) is 10.2. The van der Waals surface area contributed by atoms with Gasteiger partial charge in [-0.2, -0.15) is 0 Å². The van der Waals surface area contributed by atoms with Crippen LogP contribution >= 0.6 is 11.8 Å². The lowest BCUT2D eigenvalue weighted by atomic mass is 10.1. The highest BCUT2D eigenvalue weighted by atomic mass is 32.2. The smallest absolute Gasteiger partial charge is 0.234 e. The van der Waals surface area contributed by atoms with E-state index in [1.165, 1.54) is 18.7 Å². The van der Waals surface area contributed by atoms with Gasteiger partial charge in [0, 0.05) is 23.1 Å². The van der Waals surface area contributed by atoms with Crippen molar-refractivity contribution in [3.05, 3.63) is 47.8 Å². The minimum Gasteiger partial charge on any atom is -0.325 e. The molecule has 0 aliphatic rings. The van der Waals surface area contributed by atoms with Crippen LogP contribution in [0.2, 0.25) is 0 Å². The lowest BCUT2D eigenvalue weighted by molar-refractivity contribution is -0.113. The van der Waals surface area contributed by atoms with Gasteiger partial charge in [0.2, 0.25) is 5.91 Å². The fourth-order valence-corrected chi connectivity index (χ4v) is 2.29. The van der Waals surface area contributed by atoms with Gasteiger partial charge < -0.3 is 5.32 Å². The predicted octanol–water partition coefficient (Wildman–Crippen LogP) is 2.72. The Morgan fingerprint density at radius 3 is 2.52 bits per heavy atom. The average molecular weight is 301 g/mol. The zero-order valence-corrected chi connectivity index (χ0v) is 12.6. The van der Waals surface area contributed by atoms with Gasteiger partial charge >= 0.3 is 0 Å². The third-order valence-electron chi connectivity index (χ3n) is 2.68. The summed E-state index contributed by atoms with van der Waals surface area (Å²) in [5, 5.41) is 3.35. The Labute approximate surface area is 127 Å². The van der Waals surface area contributed by atoms with Crippen LogP contribution in [0.1, 0.15) is 23.0 Å². The molecule has 1 aromatic carbocycles. The van der Waals surface area contributed by atoms with Crippen LogP contribution in [-0.4, -0.2) is 27.4 Å². The Bertz CT molecular complexity index is 656. The molecule has 1 amide bonds. The molecule has 0 spiro atoms. The zero-order valence-electron chi connectivity index (χ0n) is 11.8. The van der Waals surface area contributed by atoms with E-state index in [1.807, 2.05) is 6.92 Å². The molecule has 1 aromatic heterocycles. The quantitative estimate of drug-likeness (QED) is 0.522. The number of aromatic nitrogens is 2. The van der Waals surface area contributed by atoms with Gasteiger partial charge in [-0.15, -0.1) is 0 Å². The number of amides is 1. The summed E-state index contributed by atoms with van der Waals surface area (Å²) in [4.78, 5) is 31.3. The van der Waals surface area contributed by atoms with Crippen LogP contribution in [0.15, 0.2) is 41.7 Å². The summed E-state index contributed by atoms with van der Waals surface area (Å²) in [6, 6.07) is 8.61. The molecule has 0 radical (unpaired) electrons. The summed E-state index contributed by atoms with van der Waals surface area (Å²) < 4.78 is 0. The molecule has 6 heteroatoms. The van der Waals surface area contributed by atoms with Crippen molar-refractivity contribution in [2.24, 2.45) is 0 Å². The molecule has 0 saturated carbocycles. The number of ketones is 1. The highest BCUT2D eigenvalue weighted by molar-refractivity contribution is 7.99. The Morgan fingerprint density at radius 2 is 1.90 bits per heavy atom. The number of benzene rings is 1. The van der Waals surface area contributed by atoms with E-state index >= 15 is 0 Å². The minimum absolute atomic E-state index is 0.0000262. The first kappa shape index (κ1) is 15.2. The van der Waals surface area contributed by atoms with Gasteiger partial charge in [0.1, 0.15) is 0 Å². The number of hydrogen-bond acceptors (Lipinski definition) is 5. The van der Waals surface area contributed by atoms with Gasteiger partial charge in [-0.1, -0.05) is 11.8 Å². The summed E-state index contributed by atoms with van der Waals surface area (Å²) in [5.41, 5.74) is 2.15. The number of hydrogen-bond donors (Lipinski definition) is 1. The molecular weight excluding hydrogens is 286 g/mol. The Hall–Kier alpha value is -2.21. The van der Waals surface area contributed by atoms with E-state index in [2.05, 4.69) is 15.3 Å². The summed E-state index contributed by atoms with van der Waals surface area (Å²) in [6.45, 7) is 3.38. The molecule has 0 fully saturated rings. The largest absolute Gasteiger partial charge is 0.325 e. The summed E-state index contributed by atoms with van der Waals surface area (Å²) in [6.07, 6.45) is 1.67. The molecule has 0 aliphatic carbocycles. The van der Waals surface area contributed by atoms with E-state index in [-0.39, 0.29) is 17.4 Å². The number of nitrogens with zero attached hydrogens (tertiary/aromatic N) is 2. The maximum atomic E-state index is 11.8. The number of thioether (sulfide) groups is 1. The van der Waals surface area contributed by atoms with Crippen LogP contribution in [0.3, 0.4) is 0 Å². The topological polar surface area (TPSA) is 72.0 Å². The van der Waals surface area contributed by atoms with Crippen molar-refractivity contribution in [1.29, 1.82) is 0 Å². The molecule has 0 atom stereocenters. The van der Waals surface area contributed by atoms with Crippen molar-refractivity contribution in [3.8, 4) is 0 Å². The number of Topliss-reactive ketones (excluding diaryl/α,β-unsaturated/α-hetero) is 1. The number of anilines is 1. The molecule has 1 heterocycles. The van der Waals surface area contributed by atoms with Gasteiger partial charge in [0.15, 0.2) is 10.9 Å². The molecule has 1 N–H and O–H groups in total. The molecule has 5 nitrogen and oxygen atoms in total. The van der Waals surface area contributed by atoms with Crippen LogP contribution in [0.4, 0.5) is 5.69 Å². The van der Waals surface area contributed by atoms with Crippen molar-refractivity contribution in [2.75, 3.05) is 11.1 Å². The number of nitrogens with one attached hydrogen (secondary N) is 1. The monoisotopic (exact) mass is 301 g/mol. The highest BCUT2D eigenvalue weighted by Gasteiger charge is 2.06. The third kappa shape index (κ3) is 4.68. The van der Waals surface area contributed by atoms with Crippen molar-refractivity contribution in [1.82, 2.24) is 9.97 Å². The van der Waals surface area contributed by atoms with Crippen LogP contribution in [0.25, 0.3) is 0 Å². The highest BCUT2D eigenvalue weighted by Crippen LogP contribution is 2.14. The van der Waals surface area contributed by atoms with E-state index < -0.39 is 0 Å². The first-order valence-corrected chi connectivity index (χ1v) is 7.36. The third-order valence-corrected chi connectivity index (χ3v) is 3.54. The standard InChI is InChI=1S/C15H15N3O2S/c1-10-7-8-16-15(17-10)21-9-14(20)18-13-5-3-12(4-6-13)11(2)19/h3-8H,9H2,1-2H3,(H,18,20). The minimum atomic E-state index is -0.138. The molecule has 108 valence electrons. The number of carbonyl (C=O) groups is 2. The zero-order chi connectivity index (χ0) is 15.2. The molecule has 0 saturated heterocycles. The second-order valence-electron chi connectivity index (χ2n) is 4.45. The second-order valence-corrected chi connectivity index (χ2v) is 5.39. The van der Waals surface area contributed by atoms with E-state index in [1.54, 1.807) is 36.5 Å². The van der Waals surface area contributed by atoms with Crippen LogP contribution in [-0.2, 0) is 4.79 Å². The Kier molecular flexibility index (Phi) is 5.05. The number of carbonyl (C=O) groups excluding carboxylic acids is 2. The first-order valence-electron chi connectivity index (χ1n) is 6.38. The number of rotatable bonds is 5. The van der Waals surface area contributed by atoms with Gasteiger partial charge in [-0.3, -0.25) is 9.59 Å². The predicted molar refractivity (Wildman–Crippen MR) is 82.6 cm³/mol. The molecule has 0 bridgehead atoms. The SMILES string of the molecule is CC(=O)c1ccc(NC(=O)CSc2nccc(C)n2)cc1. The maximum absolute atomic E-state index is 11.8. The first-order chi connectivity index (χ1) is 10.0. The van der Waals surface area contributed by atoms with Gasteiger partial charge in [0.05, 0.1) is 5.75 Å². The van der Waals surface area contributed by atoms with Crippen molar-refractivity contribution in [2.45, 2.75) is 19.0 Å². The van der Waals surface area contributed by atoms with Crippen molar-refractivity contribution >= 4 is 29.1 Å². The Balaban J connectivity index is 1.88. The van der Waals surface area contributed by atoms with Gasteiger partial charge in [-0.25, -0.2) is 9.97 Å². The molecular formula is C15H15N3O2S. The molecule has 21 heavy (non-hydrogen) atoms. The van der Waals surface area contributed by atoms with Gasteiger partial charge in [0.25, 0.3) is 0 Å². The van der Waals surface area contributed by atoms with E-state index in [4.69, 9.17) is 0 Å². The fourth-order valence-electron chi connectivity index (χ4n) is 1.61. The summed E-state index contributed by atoms with van der Waals surface area (Å²) >= 11 is 1.28. The van der Waals surface area contributed by atoms with Gasteiger partial charge in [-0.05, 0) is 44.2 Å². The van der Waals surface area contributed by atoms with Crippen molar-refractivity contribution in [3.63, 3.8) is 0 Å². The molecule has 0 aliphatic heterocycles.